The third kappa shape index (κ3) is 4.52. The Kier molecular flexibility index (Phi) is 6.54. The Bertz CT molecular complexity index is 2360. The Labute approximate surface area is 258 Å². The predicted octanol–water partition coefficient (Wildman–Crippen LogP) is 8.74. The van der Waals surface area contributed by atoms with Crippen LogP contribution >= 0.6 is 0 Å². The van der Waals surface area contributed by atoms with Crippen molar-refractivity contribution in [2.75, 3.05) is 0 Å². The minimum atomic E-state index is 0.352. The maximum absolute atomic E-state index is 10.4. The molecule has 0 radical (unpaired) electrons. The number of benzene rings is 5. The van der Waals surface area contributed by atoms with Crippen LogP contribution in [0.25, 0.3) is 66.0 Å². The second kappa shape index (κ2) is 11.0. The van der Waals surface area contributed by atoms with Gasteiger partial charge in [-0.25, -0.2) is 14.8 Å². The average Bonchev–Trinajstić information content (AvgIpc) is 3.43. The molecule has 7 nitrogen and oxygen atoms in total. The minimum Gasteiger partial charge on any atom is -0.308 e. The summed E-state index contributed by atoms with van der Waals surface area (Å²) in [5.74, 6) is 0.410. The number of rotatable bonds is 4. The molecule has 0 aliphatic heterocycles. The van der Waals surface area contributed by atoms with Crippen LogP contribution in [0.1, 0.15) is 16.7 Å². The first-order chi connectivity index (χ1) is 22.1. The molecule has 45 heavy (non-hydrogen) atoms. The summed E-state index contributed by atoms with van der Waals surface area (Å²) in [6.07, 6.45) is 2.91. The summed E-state index contributed by atoms with van der Waals surface area (Å²) in [7, 11) is 0. The second-order valence-electron chi connectivity index (χ2n) is 10.3. The molecule has 206 valence electrons. The zero-order valence-electron chi connectivity index (χ0n) is 23.6. The van der Waals surface area contributed by atoms with E-state index in [-0.39, 0.29) is 0 Å². The highest BCUT2D eigenvalue weighted by Crippen LogP contribution is 2.40. The van der Waals surface area contributed by atoms with Gasteiger partial charge in [0, 0.05) is 28.7 Å². The van der Waals surface area contributed by atoms with Crippen LogP contribution in [-0.4, -0.2) is 14.5 Å². The Balaban J connectivity index is 1.52. The van der Waals surface area contributed by atoms with E-state index in [1.807, 2.05) is 66.7 Å². The van der Waals surface area contributed by atoms with E-state index in [0.29, 0.717) is 39.5 Å². The molecule has 0 saturated carbocycles. The average molecular weight is 574 g/mol. The Morgan fingerprint density at radius 2 is 1.20 bits per heavy atom. The Hall–Kier alpha value is -7.06. The van der Waals surface area contributed by atoms with Gasteiger partial charge in [-0.2, -0.15) is 15.8 Å². The summed E-state index contributed by atoms with van der Waals surface area (Å²) in [6, 6.07) is 39.4. The number of para-hydroxylation sites is 1. The largest absolute Gasteiger partial charge is 0.308 e. The zero-order chi connectivity index (χ0) is 30.9. The maximum Gasteiger partial charge on any atom is 0.194 e. The molecule has 0 amide bonds. The lowest BCUT2D eigenvalue weighted by Gasteiger charge is -2.13. The molecule has 2 aromatic heterocycles. The van der Waals surface area contributed by atoms with Crippen molar-refractivity contribution in [2.45, 2.75) is 0 Å². The molecule has 0 aliphatic rings. The molecule has 0 saturated heterocycles. The van der Waals surface area contributed by atoms with E-state index < -0.39 is 0 Å². The summed E-state index contributed by atoms with van der Waals surface area (Å²) in [6.45, 7) is 7.70. The number of hydrogen-bond donors (Lipinski definition) is 0. The lowest BCUT2D eigenvalue weighted by Crippen LogP contribution is -1.99. The van der Waals surface area contributed by atoms with E-state index >= 15 is 0 Å². The first-order valence-corrected chi connectivity index (χ1v) is 13.9. The lowest BCUT2D eigenvalue weighted by atomic mass is 9.98. The van der Waals surface area contributed by atoms with Crippen molar-refractivity contribution in [2.24, 2.45) is 0 Å². The molecule has 0 fully saturated rings. The summed E-state index contributed by atoms with van der Waals surface area (Å²) >= 11 is 0. The van der Waals surface area contributed by atoms with Gasteiger partial charge in [0.15, 0.2) is 11.5 Å². The molecule has 0 N–H and O–H groups in total. The third-order valence-electron chi connectivity index (χ3n) is 7.86. The molecule has 7 rings (SSSR count). The van der Waals surface area contributed by atoms with Gasteiger partial charge < -0.3 is 4.57 Å². The number of nitriles is 3. The molecule has 0 spiro atoms. The number of hydrogen-bond acceptors (Lipinski definition) is 5. The van der Waals surface area contributed by atoms with E-state index in [0.717, 1.165) is 44.1 Å². The normalized spacial score (nSPS) is 10.6. The highest BCUT2D eigenvalue weighted by molar-refractivity contribution is 6.11. The maximum atomic E-state index is 10.4. The van der Waals surface area contributed by atoms with Crippen molar-refractivity contribution in [1.82, 2.24) is 14.5 Å². The van der Waals surface area contributed by atoms with Crippen LogP contribution in [0, 0.1) is 40.6 Å². The Morgan fingerprint density at radius 1 is 0.600 bits per heavy atom. The molecule has 7 aromatic rings. The highest BCUT2D eigenvalue weighted by Gasteiger charge is 2.19. The fourth-order valence-electron chi connectivity index (χ4n) is 5.76. The van der Waals surface area contributed by atoms with Crippen molar-refractivity contribution in [3.05, 3.63) is 144 Å². The molecule has 0 unspecified atom stereocenters. The SMILES string of the molecule is [C-]#[N+]c1ccccc1-c1ccc2c3ccc(-c4ccccc4C#N)cc3n(-c3ccc(-c4ncc(C#N)cn4)cc3C#N)c2c1. The second-order valence-corrected chi connectivity index (χ2v) is 10.3. The monoisotopic (exact) mass is 573 g/mol. The van der Waals surface area contributed by atoms with Gasteiger partial charge in [0.25, 0.3) is 0 Å². The van der Waals surface area contributed by atoms with E-state index in [1.165, 1.54) is 12.4 Å². The third-order valence-corrected chi connectivity index (χ3v) is 7.86. The van der Waals surface area contributed by atoms with Crippen LogP contribution in [0.3, 0.4) is 0 Å². The molecular formula is C38H19N7. The summed E-state index contributed by atoms with van der Waals surface area (Å²) in [4.78, 5) is 12.4. The molecule has 5 aromatic carbocycles. The van der Waals surface area contributed by atoms with Gasteiger partial charge in [-0.05, 0) is 58.7 Å². The van der Waals surface area contributed by atoms with Gasteiger partial charge in [-0.15, -0.1) is 0 Å². The van der Waals surface area contributed by atoms with Gasteiger partial charge in [-0.3, -0.25) is 0 Å². The van der Waals surface area contributed by atoms with Gasteiger partial charge in [-0.1, -0.05) is 66.7 Å². The van der Waals surface area contributed by atoms with Crippen LogP contribution in [0.2, 0.25) is 0 Å². The fraction of sp³-hybridized carbons (Fsp3) is 0. The molecule has 2 heterocycles. The summed E-state index contributed by atoms with van der Waals surface area (Å²) in [5, 5.41) is 31.3. The van der Waals surface area contributed by atoms with E-state index in [2.05, 4.69) is 55.8 Å². The van der Waals surface area contributed by atoms with Crippen LogP contribution in [0.5, 0.6) is 0 Å². The van der Waals surface area contributed by atoms with Gasteiger partial charge in [0.1, 0.15) is 12.1 Å². The van der Waals surface area contributed by atoms with Crippen molar-refractivity contribution in [3.8, 4) is 57.5 Å². The molecule has 7 heteroatoms. The van der Waals surface area contributed by atoms with Crippen LogP contribution in [0.4, 0.5) is 5.69 Å². The summed E-state index contributed by atoms with van der Waals surface area (Å²) in [5.41, 5.74) is 8.34. The number of fused-ring (bicyclic) bond motifs is 3. The molecule has 0 aliphatic carbocycles. The Morgan fingerprint density at radius 3 is 1.84 bits per heavy atom. The highest BCUT2D eigenvalue weighted by atomic mass is 15.0. The van der Waals surface area contributed by atoms with Gasteiger partial charge in [0.2, 0.25) is 0 Å². The van der Waals surface area contributed by atoms with Crippen LogP contribution in [-0.2, 0) is 0 Å². The number of aromatic nitrogens is 3. The first-order valence-electron chi connectivity index (χ1n) is 13.9. The quantitative estimate of drug-likeness (QED) is 0.196. The fourth-order valence-corrected chi connectivity index (χ4v) is 5.76. The van der Waals surface area contributed by atoms with E-state index in [9.17, 15) is 10.5 Å². The number of nitrogens with zero attached hydrogens (tertiary/aromatic N) is 7. The standard InChI is InChI=1S/C38H19N7/c1-42-34-9-5-4-8-31(34)26-11-14-33-32-13-10-25(30-7-3-2-6-28(30)20-40)17-36(32)45(37(33)18-26)35-15-12-27(16-29(35)21-41)38-43-22-24(19-39)23-44-38/h2-18,22-23H. The molecule has 0 atom stereocenters. The predicted molar refractivity (Wildman–Crippen MR) is 173 cm³/mol. The van der Waals surface area contributed by atoms with Gasteiger partial charge in [0.05, 0.1) is 46.1 Å². The first kappa shape index (κ1) is 26.8. The molecular weight excluding hydrogens is 554 g/mol. The lowest BCUT2D eigenvalue weighted by molar-refractivity contribution is 1.14. The van der Waals surface area contributed by atoms with E-state index in [1.54, 1.807) is 18.2 Å². The van der Waals surface area contributed by atoms with Crippen LogP contribution in [0.15, 0.2) is 116 Å². The topological polar surface area (TPSA) is 106 Å². The van der Waals surface area contributed by atoms with Crippen molar-refractivity contribution >= 4 is 27.5 Å². The smallest absolute Gasteiger partial charge is 0.194 e. The molecule has 0 bridgehead atoms. The van der Waals surface area contributed by atoms with E-state index in [4.69, 9.17) is 11.8 Å². The van der Waals surface area contributed by atoms with Crippen molar-refractivity contribution in [3.63, 3.8) is 0 Å². The van der Waals surface area contributed by atoms with Crippen molar-refractivity contribution < 1.29 is 0 Å². The zero-order valence-corrected chi connectivity index (χ0v) is 23.6. The van der Waals surface area contributed by atoms with Gasteiger partial charge >= 0.3 is 0 Å². The summed E-state index contributed by atoms with van der Waals surface area (Å²) < 4.78 is 2.06. The van der Waals surface area contributed by atoms with Crippen LogP contribution < -0.4 is 0 Å². The minimum absolute atomic E-state index is 0.352. The van der Waals surface area contributed by atoms with Crippen molar-refractivity contribution in [1.29, 1.82) is 15.8 Å².